The lowest BCUT2D eigenvalue weighted by atomic mass is 10.1. The van der Waals surface area contributed by atoms with Crippen molar-refractivity contribution in [3.05, 3.63) is 69.8 Å². The number of nitrogens with zero attached hydrogens (tertiary/aromatic N) is 2. The maximum absolute atomic E-state index is 11.2. The SMILES string of the molecule is Cc1cccc(Cc2n[nH]c3cc(=O)ccn23)c1. The van der Waals surface area contributed by atoms with Gasteiger partial charge in [-0.15, -0.1) is 0 Å². The molecule has 0 aliphatic heterocycles. The summed E-state index contributed by atoms with van der Waals surface area (Å²) >= 11 is 0. The molecule has 18 heavy (non-hydrogen) atoms. The molecule has 0 unspecified atom stereocenters. The molecule has 3 rings (SSSR count). The van der Waals surface area contributed by atoms with Crippen molar-refractivity contribution in [1.29, 1.82) is 0 Å². The minimum absolute atomic E-state index is 0.0132. The molecule has 90 valence electrons. The molecule has 2 aromatic heterocycles. The lowest BCUT2D eigenvalue weighted by Gasteiger charge is -2.01. The van der Waals surface area contributed by atoms with E-state index in [4.69, 9.17) is 0 Å². The van der Waals surface area contributed by atoms with Crippen LogP contribution in [0.2, 0.25) is 0 Å². The van der Waals surface area contributed by atoms with E-state index in [1.165, 1.54) is 11.1 Å². The van der Waals surface area contributed by atoms with Crippen LogP contribution in [0.4, 0.5) is 0 Å². The number of nitrogens with one attached hydrogen (secondary N) is 1. The topological polar surface area (TPSA) is 50.2 Å². The molecule has 4 nitrogen and oxygen atoms in total. The summed E-state index contributed by atoms with van der Waals surface area (Å²) in [5.74, 6) is 0.899. The van der Waals surface area contributed by atoms with E-state index in [1.807, 2.05) is 10.5 Å². The largest absolute Gasteiger partial charge is 0.290 e. The molecule has 0 radical (unpaired) electrons. The average Bonchev–Trinajstić information content (AvgIpc) is 2.72. The number of rotatable bonds is 2. The van der Waals surface area contributed by atoms with Crippen LogP contribution in [-0.2, 0) is 6.42 Å². The lowest BCUT2D eigenvalue weighted by Crippen LogP contribution is -2.01. The standard InChI is InChI=1S/C14H13N3O/c1-10-3-2-4-11(7-10)8-13-15-16-14-9-12(18)5-6-17(13)14/h2-7,9,16H,8H2,1H3. The summed E-state index contributed by atoms with van der Waals surface area (Å²) < 4.78 is 1.91. The first kappa shape index (κ1) is 10.8. The fourth-order valence-corrected chi connectivity index (χ4v) is 2.10. The highest BCUT2D eigenvalue weighted by Crippen LogP contribution is 2.10. The van der Waals surface area contributed by atoms with Gasteiger partial charge in [-0.1, -0.05) is 29.8 Å². The molecule has 1 aromatic carbocycles. The molecule has 0 aliphatic carbocycles. The number of pyridine rings is 1. The Hall–Kier alpha value is -2.36. The quantitative estimate of drug-likeness (QED) is 0.742. The van der Waals surface area contributed by atoms with Crippen LogP contribution >= 0.6 is 0 Å². The third kappa shape index (κ3) is 1.93. The Kier molecular flexibility index (Phi) is 2.48. The number of hydrogen-bond donors (Lipinski definition) is 1. The van der Waals surface area contributed by atoms with E-state index >= 15 is 0 Å². The molecule has 1 N–H and O–H groups in total. The number of H-pyrrole nitrogens is 1. The molecule has 0 aliphatic rings. The molecule has 0 spiro atoms. The zero-order valence-electron chi connectivity index (χ0n) is 10.1. The maximum Gasteiger partial charge on any atom is 0.183 e. The van der Waals surface area contributed by atoms with Crippen LogP contribution in [0.5, 0.6) is 0 Å². The predicted molar refractivity (Wildman–Crippen MR) is 69.8 cm³/mol. The summed E-state index contributed by atoms with van der Waals surface area (Å²) in [5, 5.41) is 7.14. The molecular weight excluding hydrogens is 226 g/mol. The summed E-state index contributed by atoms with van der Waals surface area (Å²) in [4.78, 5) is 11.2. The van der Waals surface area contributed by atoms with Gasteiger partial charge in [0.15, 0.2) is 5.43 Å². The zero-order valence-corrected chi connectivity index (χ0v) is 10.1. The van der Waals surface area contributed by atoms with Gasteiger partial charge in [-0.25, -0.2) is 0 Å². The van der Waals surface area contributed by atoms with Gasteiger partial charge in [-0.2, -0.15) is 5.10 Å². The number of benzene rings is 1. The Bertz CT molecular complexity index is 755. The van der Waals surface area contributed by atoms with Crippen molar-refractivity contribution >= 4 is 5.65 Å². The van der Waals surface area contributed by atoms with Crippen LogP contribution in [0.15, 0.2) is 47.4 Å². The second kappa shape index (κ2) is 4.14. The van der Waals surface area contributed by atoms with Gasteiger partial charge in [0.2, 0.25) is 0 Å². The van der Waals surface area contributed by atoms with E-state index in [0.717, 1.165) is 17.9 Å². The minimum Gasteiger partial charge on any atom is -0.290 e. The summed E-state index contributed by atoms with van der Waals surface area (Å²) in [6, 6.07) is 11.4. The normalized spacial score (nSPS) is 10.9. The van der Waals surface area contributed by atoms with Crippen LogP contribution in [0.3, 0.4) is 0 Å². The van der Waals surface area contributed by atoms with Gasteiger partial charge in [-0.3, -0.25) is 14.3 Å². The van der Waals surface area contributed by atoms with Crippen molar-refractivity contribution in [1.82, 2.24) is 14.6 Å². The van der Waals surface area contributed by atoms with Crippen molar-refractivity contribution in [2.45, 2.75) is 13.3 Å². The third-order valence-corrected chi connectivity index (χ3v) is 2.95. The van der Waals surface area contributed by atoms with Gasteiger partial charge in [0.05, 0.1) is 0 Å². The summed E-state index contributed by atoms with van der Waals surface area (Å²) in [7, 11) is 0. The zero-order chi connectivity index (χ0) is 12.5. The van der Waals surface area contributed by atoms with Crippen LogP contribution < -0.4 is 5.43 Å². The second-order valence-electron chi connectivity index (χ2n) is 4.42. The number of aryl methyl sites for hydroxylation is 1. The molecule has 0 atom stereocenters. The Morgan fingerprint density at radius 1 is 1.28 bits per heavy atom. The highest BCUT2D eigenvalue weighted by molar-refractivity contribution is 5.38. The first-order valence-electron chi connectivity index (χ1n) is 5.83. The van der Waals surface area contributed by atoms with E-state index in [9.17, 15) is 4.79 Å². The van der Waals surface area contributed by atoms with Crippen molar-refractivity contribution in [3.63, 3.8) is 0 Å². The fraction of sp³-hybridized carbons (Fsp3) is 0.143. The molecule has 0 fully saturated rings. The Balaban J connectivity index is 2.03. The fourth-order valence-electron chi connectivity index (χ4n) is 2.10. The predicted octanol–water partition coefficient (Wildman–Crippen LogP) is 1.92. The lowest BCUT2D eigenvalue weighted by molar-refractivity contribution is 0.933. The van der Waals surface area contributed by atoms with Gasteiger partial charge in [0.1, 0.15) is 11.5 Å². The molecule has 0 bridgehead atoms. The monoisotopic (exact) mass is 239 g/mol. The van der Waals surface area contributed by atoms with Gasteiger partial charge < -0.3 is 0 Å². The Labute approximate surface area is 104 Å². The highest BCUT2D eigenvalue weighted by atomic mass is 16.1. The number of aromatic amines is 1. The van der Waals surface area contributed by atoms with Gasteiger partial charge >= 0.3 is 0 Å². The maximum atomic E-state index is 11.2. The molecule has 0 saturated heterocycles. The number of hydrogen-bond acceptors (Lipinski definition) is 2. The number of aromatic nitrogens is 3. The summed E-state index contributed by atoms with van der Waals surface area (Å²) in [6.45, 7) is 2.07. The molecule has 0 amide bonds. The summed E-state index contributed by atoms with van der Waals surface area (Å²) in [6.07, 6.45) is 2.50. The molecule has 0 saturated carbocycles. The number of fused-ring (bicyclic) bond motifs is 1. The van der Waals surface area contributed by atoms with E-state index < -0.39 is 0 Å². The van der Waals surface area contributed by atoms with E-state index in [-0.39, 0.29) is 5.43 Å². The third-order valence-electron chi connectivity index (χ3n) is 2.95. The van der Waals surface area contributed by atoms with Gasteiger partial charge in [0.25, 0.3) is 0 Å². The molecule has 4 heteroatoms. The Morgan fingerprint density at radius 2 is 2.17 bits per heavy atom. The van der Waals surface area contributed by atoms with Crippen molar-refractivity contribution in [2.24, 2.45) is 0 Å². The van der Waals surface area contributed by atoms with Crippen LogP contribution in [-0.4, -0.2) is 14.6 Å². The molecular formula is C14H13N3O. The van der Waals surface area contributed by atoms with Crippen molar-refractivity contribution in [3.8, 4) is 0 Å². The smallest absolute Gasteiger partial charge is 0.183 e. The van der Waals surface area contributed by atoms with E-state index in [0.29, 0.717) is 0 Å². The van der Waals surface area contributed by atoms with E-state index in [2.05, 4.69) is 35.3 Å². The highest BCUT2D eigenvalue weighted by Gasteiger charge is 2.05. The Morgan fingerprint density at radius 3 is 3.00 bits per heavy atom. The average molecular weight is 239 g/mol. The first-order chi connectivity index (χ1) is 8.72. The van der Waals surface area contributed by atoms with Crippen LogP contribution in [0.1, 0.15) is 17.0 Å². The van der Waals surface area contributed by atoms with Gasteiger partial charge in [0, 0.05) is 24.8 Å². The van der Waals surface area contributed by atoms with Crippen LogP contribution in [0.25, 0.3) is 5.65 Å². The summed E-state index contributed by atoms with van der Waals surface area (Å²) in [5.41, 5.74) is 3.16. The minimum atomic E-state index is -0.0132. The van der Waals surface area contributed by atoms with Gasteiger partial charge in [-0.05, 0) is 12.5 Å². The van der Waals surface area contributed by atoms with Crippen molar-refractivity contribution in [2.75, 3.05) is 0 Å². The van der Waals surface area contributed by atoms with E-state index in [1.54, 1.807) is 18.3 Å². The first-order valence-corrected chi connectivity index (χ1v) is 5.83. The molecule has 3 aromatic rings. The van der Waals surface area contributed by atoms with Crippen LogP contribution in [0, 0.1) is 6.92 Å². The second-order valence-corrected chi connectivity index (χ2v) is 4.42. The van der Waals surface area contributed by atoms with Crippen molar-refractivity contribution < 1.29 is 0 Å². The molecule has 2 heterocycles.